The van der Waals surface area contributed by atoms with Crippen molar-refractivity contribution in [1.82, 2.24) is 0 Å². The van der Waals surface area contributed by atoms with Crippen LogP contribution in [0, 0.1) is 3.57 Å². The molecule has 0 amide bonds. The van der Waals surface area contributed by atoms with Gasteiger partial charge in [-0.2, -0.15) is 0 Å². The van der Waals surface area contributed by atoms with E-state index in [4.69, 9.17) is 4.74 Å². The number of rotatable bonds is 3. The van der Waals surface area contributed by atoms with E-state index >= 15 is 0 Å². The molecule has 0 bridgehead atoms. The van der Waals surface area contributed by atoms with Crippen LogP contribution in [0.3, 0.4) is 0 Å². The van der Waals surface area contributed by atoms with Crippen molar-refractivity contribution in [1.29, 1.82) is 0 Å². The van der Waals surface area contributed by atoms with Gasteiger partial charge in [-0.25, -0.2) is 0 Å². The zero-order chi connectivity index (χ0) is 9.84. The largest absolute Gasteiger partial charge is 0.493 e. The van der Waals surface area contributed by atoms with Gasteiger partial charge in [-0.3, -0.25) is 0 Å². The third kappa shape index (κ3) is 2.84. The lowest BCUT2D eigenvalue weighted by molar-refractivity contribution is 0.192. The van der Waals surface area contributed by atoms with E-state index in [0.717, 1.165) is 14.9 Å². The highest BCUT2D eigenvalue weighted by atomic mass is 127. The first kappa shape index (κ1) is 10.8. The second kappa shape index (κ2) is 4.81. The van der Waals surface area contributed by atoms with Gasteiger partial charge in [-0.05, 0) is 54.6 Å². The van der Waals surface area contributed by atoms with E-state index in [0.29, 0.717) is 6.61 Å². The summed E-state index contributed by atoms with van der Waals surface area (Å²) in [5, 5.41) is 9.47. The number of hydrogen-bond donors (Lipinski definition) is 1. The molecule has 0 fully saturated rings. The van der Waals surface area contributed by atoms with Crippen molar-refractivity contribution in [3.63, 3.8) is 0 Å². The average Bonchev–Trinajstić information content (AvgIpc) is 2.08. The van der Waals surface area contributed by atoms with Crippen molar-refractivity contribution >= 4 is 22.6 Å². The minimum absolute atomic E-state index is 0.476. The second-order valence-electron chi connectivity index (χ2n) is 2.79. The van der Waals surface area contributed by atoms with Crippen molar-refractivity contribution < 1.29 is 9.84 Å². The lowest BCUT2D eigenvalue weighted by Crippen LogP contribution is -1.99. The van der Waals surface area contributed by atoms with Gasteiger partial charge in [0.25, 0.3) is 0 Å². The maximum absolute atomic E-state index is 9.47. The van der Waals surface area contributed by atoms with E-state index in [2.05, 4.69) is 22.6 Å². The van der Waals surface area contributed by atoms with Gasteiger partial charge in [0, 0.05) is 9.13 Å². The van der Waals surface area contributed by atoms with Crippen LogP contribution in [0.25, 0.3) is 0 Å². The Kier molecular flexibility index (Phi) is 3.99. The van der Waals surface area contributed by atoms with Crippen LogP contribution < -0.4 is 4.74 Å². The molecule has 0 spiro atoms. The van der Waals surface area contributed by atoms with Crippen LogP contribution in [-0.4, -0.2) is 11.7 Å². The molecule has 1 aromatic carbocycles. The van der Waals surface area contributed by atoms with Crippen LogP contribution in [-0.2, 0) is 0 Å². The molecule has 3 heteroatoms. The van der Waals surface area contributed by atoms with Crippen molar-refractivity contribution in [2.24, 2.45) is 0 Å². The Bertz CT molecular complexity index is 284. The summed E-state index contributed by atoms with van der Waals surface area (Å²) in [7, 11) is 0. The lowest BCUT2D eigenvalue weighted by atomic mass is 10.1. The fourth-order valence-electron chi connectivity index (χ4n) is 1.13. The molecule has 0 aromatic heterocycles. The molecule has 1 aromatic rings. The number of halogens is 1. The van der Waals surface area contributed by atoms with E-state index in [-0.39, 0.29) is 0 Å². The smallest absolute Gasteiger partial charge is 0.125 e. The predicted molar refractivity (Wildman–Crippen MR) is 61.0 cm³/mol. The number of ether oxygens (including phenoxy) is 1. The molecule has 0 aliphatic carbocycles. The zero-order valence-electron chi connectivity index (χ0n) is 7.75. The van der Waals surface area contributed by atoms with Crippen LogP contribution in [0.4, 0.5) is 0 Å². The molecule has 0 saturated heterocycles. The Morgan fingerprint density at radius 1 is 1.54 bits per heavy atom. The molecule has 72 valence electrons. The van der Waals surface area contributed by atoms with E-state index in [1.165, 1.54) is 0 Å². The van der Waals surface area contributed by atoms with Crippen molar-refractivity contribution in [3.05, 3.63) is 27.3 Å². The fraction of sp³-hybridized carbons (Fsp3) is 0.400. The number of hydrogen-bond acceptors (Lipinski definition) is 2. The summed E-state index contributed by atoms with van der Waals surface area (Å²) in [4.78, 5) is 0. The summed E-state index contributed by atoms with van der Waals surface area (Å²) in [6, 6.07) is 5.81. The number of aliphatic hydroxyl groups is 1. The quantitative estimate of drug-likeness (QED) is 0.868. The highest BCUT2D eigenvalue weighted by molar-refractivity contribution is 14.1. The van der Waals surface area contributed by atoms with E-state index < -0.39 is 6.10 Å². The Hall–Kier alpha value is -0.290. The molecule has 1 atom stereocenters. The minimum Gasteiger partial charge on any atom is -0.493 e. The van der Waals surface area contributed by atoms with E-state index in [9.17, 15) is 5.11 Å². The van der Waals surface area contributed by atoms with Crippen LogP contribution in [0.1, 0.15) is 25.5 Å². The molecule has 0 aliphatic rings. The summed E-state index contributed by atoms with van der Waals surface area (Å²) in [5.74, 6) is 0.776. The van der Waals surface area contributed by atoms with Gasteiger partial charge in [0.05, 0.1) is 12.7 Å². The fourth-order valence-corrected chi connectivity index (χ4v) is 1.65. The van der Waals surface area contributed by atoms with Gasteiger partial charge < -0.3 is 9.84 Å². The zero-order valence-corrected chi connectivity index (χ0v) is 9.91. The van der Waals surface area contributed by atoms with Crippen LogP contribution in [0.2, 0.25) is 0 Å². The van der Waals surface area contributed by atoms with Crippen molar-refractivity contribution in [2.75, 3.05) is 6.61 Å². The third-order valence-electron chi connectivity index (χ3n) is 1.72. The van der Waals surface area contributed by atoms with Gasteiger partial charge in [0.15, 0.2) is 0 Å². The summed E-state index contributed by atoms with van der Waals surface area (Å²) < 4.78 is 6.50. The normalized spacial score (nSPS) is 12.6. The van der Waals surface area contributed by atoms with Crippen molar-refractivity contribution in [3.8, 4) is 5.75 Å². The third-order valence-corrected chi connectivity index (χ3v) is 2.39. The monoisotopic (exact) mass is 292 g/mol. The summed E-state index contributed by atoms with van der Waals surface area (Å²) >= 11 is 2.22. The van der Waals surface area contributed by atoms with Gasteiger partial charge >= 0.3 is 0 Å². The Morgan fingerprint density at radius 2 is 2.23 bits per heavy atom. The van der Waals surface area contributed by atoms with Crippen LogP contribution >= 0.6 is 22.6 Å². The SMILES string of the molecule is CCOc1ccc(I)cc1C(C)O. The first-order chi connectivity index (χ1) is 6.15. The lowest BCUT2D eigenvalue weighted by Gasteiger charge is -2.12. The highest BCUT2D eigenvalue weighted by Gasteiger charge is 2.08. The molecule has 0 saturated carbocycles. The standard InChI is InChI=1S/C10H13IO2/c1-3-13-10-5-4-8(11)6-9(10)7(2)12/h4-7,12H,3H2,1-2H3. The van der Waals surface area contributed by atoms with E-state index in [1.54, 1.807) is 6.92 Å². The molecule has 0 radical (unpaired) electrons. The molecule has 1 N–H and O–H groups in total. The Balaban J connectivity index is 3.03. The van der Waals surface area contributed by atoms with Gasteiger partial charge in [0.2, 0.25) is 0 Å². The summed E-state index contributed by atoms with van der Waals surface area (Å²) in [5.41, 5.74) is 0.855. The maximum Gasteiger partial charge on any atom is 0.125 e. The first-order valence-corrected chi connectivity index (χ1v) is 5.33. The van der Waals surface area contributed by atoms with Gasteiger partial charge in [-0.15, -0.1) is 0 Å². The molecule has 1 rings (SSSR count). The minimum atomic E-state index is -0.476. The molecular formula is C10H13IO2. The molecule has 0 heterocycles. The summed E-state index contributed by atoms with van der Waals surface area (Å²) in [6.45, 7) is 4.30. The summed E-state index contributed by atoms with van der Waals surface area (Å²) in [6.07, 6.45) is -0.476. The van der Waals surface area contributed by atoms with E-state index in [1.807, 2.05) is 25.1 Å². The number of benzene rings is 1. The van der Waals surface area contributed by atoms with Crippen LogP contribution in [0.15, 0.2) is 18.2 Å². The van der Waals surface area contributed by atoms with Gasteiger partial charge in [-0.1, -0.05) is 0 Å². The second-order valence-corrected chi connectivity index (χ2v) is 4.04. The predicted octanol–water partition coefficient (Wildman–Crippen LogP) is 2.74. The molecule has 0 aliphatic heterocycles. The average molecular weight is 292 g/mol. The highest BCUT2D eigenvalue weighted by Crippen LogP contribution is 2.26. The first-order valence-electron chi connectivity index (χ1n) is 4.25. The Morgan fingerprint density at radius 3 is 2.77 bits per heavy atom. The molecular weight excluding hydrogens is 279 g/mol. The Labute approximate surface area is 92.1 Å². The topological polar surface area (TPSA) is 29.5 Å². The molecule has 13 heavy (non-hydrogen) atoms. The molecule has 1 unspecified atom stereocenters. The van der Waals surface area contributed by atoms with Gasteiger partial charge in [0.1, 0.15) is 5.75 Å². The maximum atomic E-state index is 9.47. The van der Waals surface area contributed by atoms with Crippen molar-refractivity contribution in [2.45, 2.75) is 20.0 Å². The number of aliphatic hydroxyl groups excluding tert-OH is 1. The van der Waals surface area contributed by atoms with Crippen LogP contribution in [0.5, 0.6) is 5.75 Å². The molecule has 2 nitrogen and oxygen atoms in total.